The third kappa shape index (κ3) is 6.31. The highest BCUT2D eigenvalue weighted by Crippen LogP contribution is 2.35. The van der Waals surface area contributed by atoms with Crippen molar-refractivity contribution in [1.29, 1.82) is 0 Å². The highest BCUT2D eigenvalue weighted by Gasteiger charge is 2.49. The van der Waals surface area contributed by atoms with E-state index in [4.69, 9.17) is 9.47 Å². The Morgan fingerprint density at radius 1 is 1.00 bits per heavy atom. The van der Waals surface area contributed by atoms with Crippen molar-refractivity contribution in [2.24, 2.45) is 0 Å². The van der Waals surface area contributed by atoms with Gasteiger partial charge in [-0.25, -0.2) is 4.79 Å². The standard InChI is InChI=1S/C26H36N2O3/c1-21(31-24(29)28-25(2,3)20-30-26(28,4)5)16-17-27(18-22-12-8-6-9-13-22)19-23-14-10-7-11-15-23/h6-15,21H,16-20H2,1-5H3. The molecule has 1 fully saturated rings. The second kappa shape index (κ2) is 9.84. The van der Waals surface area contributed by atoms with Crippen LogP contribution in [0.5, 0.6) is 0 Å². The molecule has 5 heteroatoms. The molecule has 1 unspecified atom stereocenters. The molecule has 5 nitrogen and oxygen atoms in total. The molecule has 0 saturated carbocycles. The summed E-state index contributed by atoms with van der Waals surface area (Å²) in [6.45, 7) is 12.9. The van der Waals surface area contributed by atoms with Crippen LogP contribution in [-0.4, -0.2) is 46.4 Å². The first-order valence-electron chi connectivity index (χ1n) is 11.1. The smallest absolute Gasteiger partial charge is 0.412 e. The minimum absolute atomic E-state index is 0.186. The van der Waals surface area contributed by atoms with E-state index in [9.17, 15) is 4.79 Å². The maximum atomic E-state index is 12.9. The summed E-state index contributed by atoms with van der Waals surface area (Å²) in [5, 5.41) is 0. The van der Waals surface area contributed by atoms with E-state index in [0.29, 0.717) is 6.61 Å². The average Bonchev–Trinajstić information content (AvgIpc) is 2.95. The molecule has 0 radical (unpaired) electrons. The zero-order valence-electron chi connectivity index (χ0n) is 19.5. The van der Waals surface area contributed by atoms with E-state index in [2.05, 4.69) is 53.4 Å². The van der Waals surface area contributed by atoms with Crippen molar-refractivity contribution in [1.82, 2.24) is 9.80 Å². The van der Waals surface area contributed by atoms with Gasteiger partial charge in [0, 0.05) is 19.6 Å². The fourth-order valence-corrected chi connectivity index (χ4v) is 4.22. The van der Waals surface area contributed by atoms with Crippen LogP contribution in [0.1, 0.15) is 52.2 Å². The molecule has 1 atom stereocenters. The van der Waals surface area contributed by atoms with Crippen LogP contribution in [0.2, 0.25) is 0 Å². The predicted molar refractivity (Wildman–Crippen MR) is 124 cm³/mol. The second-order valence-electron chi connectivity index (χ2n) is 9.55. The van der Waals surface area contributed by atoms with Gasteiger partial charge in [-0.3, -0.25) is 9.80 Å². The topological polar surface area (TPSA) is 42.0 Å². The summed E-state index contributed by atoms with van der Waals surface area (Å²) in [7, 11) is 0. The van der Waals surface area contributed by atoms with Crippen LogP contribution >= 0.6 is 0 Å². The highest BCUT2D eigenvalue weighted by atomic mass is 16.6. The normalized spacial score (nSPS) is 18.2. The molecule has 3 rings (SSSR count). The molecule has 168 valence electrons. The summed E-state index contributed by atoms with van der Waals surface area (Å²) < 4.78 is 11.7. The van der Waals surface area contributed by atoms with Crippen LogP contribution in [0.15, 0.2) is 60.7 Å². The van der Waals surface area contributed by atoms with Crippen LogP contribution in [0.3, 0.4) is 0 Å². The van der Waals surface area contributed by atoms with Gasteiger partial charge in [-0.05, 0) is 52.2 Å². The van der Waals surface area contributed by atoms with Crippen molar-refractivity contribution in [2.45, 2.75) is 71.5 Å². The number of hydrogen-bond acceptors (Lipinski definition) is 4. The van der Waals surface area contributed by atoms with Gasteiger partial charge in [-0.15, -0.1) is 0 Å². The van der Waals surface area contributed by atoms with E-state index in [-0.39, 0.29) is 17.7 Å². The summed E-state index contributed by atoms with van der Waals surface area (Å²) >= 11 is 0. The van der Waals surface area contributed by atoms with Crippen LogP contribution in [0.25, 0.3) is 0 Å². The molecule has 0 aromatic heterocycles. The van der Waals surface area contributed by atoms with Crippen molar-refractivity contribution >= 4 is 6.09 Å². The molecule has 0 spiro atoms. The zero-order valence-corrected chi connectivity index (χ0v) is 19.5. The number of rotatable bonds is 8. The Hall–Kier alpha value is -2.37. The number of nitrogens with zero attached hydrogens (tertiary/aromatic N) is 2. The lowest BCUT2D eigenvalue weighted by Gasteiger charge is -2.37. The zero-order chi connectivity index (χ0) is 22.5. The first kappa shape index (κ1) is 23.3. The van der Waals surface area contributed by atoms with Crippen molar-refractivity contribution in [2.75, 3.05) is 13.2 Å². The fraction of sp³-hybridized carbons (Fsp3) is 0.500. The van der Waals surface area contributed by atoms with Crippen LogP contribution in [0, 0.1) is 0 Å². The first-order chi connectivity index (χ1) is 14.7. The van der Waals surface area contributed by atoms with Crippen LogP contribution < -0.4 is 0 Å². The molecule has 2 aromatic carbocycles. The highest BCUT2D eigenvalue weighted by molar-refractivity contribution is 5.70. The first-order valence-corrected chi connectivity index (χ1v) is 11.1. The summed E-state index contributed by atoms with van der Waals surface area (Å²) in [6.07, 6.45) is 0.271. The molecule has 1 saturated heterocycles. The van der Waals surface area contributed by atoms with Gasteiger partial charge in [-0.2, -0.15) is 0 Å². The summed E-state index contributed by atoms with van der Waals surface area (Å²) in [5.41, 5.74) is 1.52. The quantitative estimate of drug-likeness (QED) is 0.565. The van der Waals surface area contributed by atoms with Crippen molar-refractivity contribution < 1.29 is 14.3 Å². The Morgan fingerprint density at radius 2 is 1.52 bits per heavy atom. The lowest BCUT2D eigenvalue weighted by Crippen LogP contribution is -2.53. The number of ether oxygens (including phenoxy) is 2. The monoisotopic (exact) mass is 424 g/mol. The molecular formula is C26H36N2O3. The third-order valence-corrected chi connectivity index (χ3v) is 5.76. The summed E-state index contributed by atoms with van der Waals surface area (Å²) in [4.78, 5) is 17.1. The molecule has 0 aliphatic carbocycles. The van der Waals surface area contributed by atoms with Gasteiger partial charge < -0.3 is 9.47 Å². The molecule has 31 heavy (non-hydrogen) atoms. The van der Waals surface area contributed by atoms with Gasteiger partial charge in [0.05, 0.1) is 12.1 Å². The van der Waals surface area contributed by atoms with Gasteiger partial charge >= 0.3 is 6.09 Å². The lowest BCUT2D eigenvalue weighted by molar-refractivity contribution is -0.0580. The van der Waals surface area contributed by atoms with Gasteiger partial charge in [0.15, 0.2) is 0 Å². The molecule has 1 heterocycles. The second-order valence-corrected chi connectivity index (χ2v) is 9.55. The van der Waals surface area contributed by atoms with Gasteiger partial charge in [0.25, 0.3) is 0 Å². The van der Waals surface area contributed by atoms with E-state index in [0.717, 1.165) is 26.1 Å². The van der Waals surface area contributed by atoms with Crippen LogP contribution in [0.4, 0.5) is 4.79 Å². The van der Waals surface area contributed by atoms with Crippen molar-refractivity contribution in [3.05, 3.63) is 71.8 Å². The SMILES string of the molecule is CC(CCN(Cc1ccccc1)Cc1ccccc1)OC(=O)N1C(C)(C)COC1(C)C. The average molecular weight is 425 g/mol. The molecule has 1 aliphatic heterocycles. The lowest BCUT2D eigenvalue weighted by atomic mass is 10.0. The number of carbonyl (C=O) groups is 1. The molecule has 1 amide bonds. The Kier molecular flexibility index (Phi) is 7.39. The van der Waals surface area contributed by atoms with E-state index < -0.39 is 5.72 Å². The van der Waals surface area contributed by atoms with E-state index in [1.54, 1.807) is 4.90 Å². The Morgan fingerprint density at radius 3 is 1.97 bits per heavy atom. The Labute approximate surface area is 187 Å². The van der Waals surface area contributed by atoms with Crippen molar-refractivity contribution in [3.63, 3.8) is 0 Å². The number of benzene rings is 2. The molecule has 1 aliphatic rings. The van der Waals surface area contributed by atoms with Gasteiger partial charge in [0.1, 0.15) is 11.8 Å². The largest absolute Gasteiger partial charge is 0.446 e. The van der Waals surface area contributed by atoms with Gasteiger partial charge in [-0.1, -0.05) is 60.7 Å². The minimum atomic E-state index is -0.660. The maximum Gasteiger partial charge on any atom is 0.412 e. The number of hydrogen-bond donors (Lipinski definition) is 0. The number of amides is 1. The van der Waals surface area contributed by atoms with Gasteiger partial charge in [0.2, 0.25) is 0 Å². The summed E-state index contributed by atoms with van der Waals surface area (Å²) in [5.74, 6) is 0. The Balaban J connectivity index is 1.60. The van der Waals surface area contributed by atoms with E-state index in [1.807, 2.05) is 46.8 Å². The van der Waals surface area contributed by atoms with Crippen molar-refractivity contribution in [3.8, 4) is 0 Å². The third-order valence-electron chi connectivity index (χ3n) is 5.76. The minimum Gasteiger partial charge on any atom is -0.446 e. The predicted octanol–water partition coefficient (Wildman–Crippen LogP) is 5.45. The molecular weight excluding hydrogens is 388 g/mol. The molecule has 0 N–H and O–H groups in total. The molecule has 0 bridgehead atoms. The Bertz CT molecular complexity index is 779. The number of carbonyl (C=O) groups excluding carboxylic acids is 1. The maximum absolute atomic E-state index is 12.9. The van der Waals surface area contributed by atoms with Crippen LogP contribution in [-0.2, 0) is 22.6 Å². The van der Waals surface area contributed by atoms with E-state index in [1.165, 1.54) is 11.1 Å². The van der Waals surface area contributed by atoms with E-state index >= 15 is 0 Å². The summed E-state index contributed by atoms with van der Waals surface area (Å²) in [6, 6.07) is 21.0. The fourth-order valence-electron chi connectivity index (χ4n) is 4.22. The molecule has 2 aromatic rings.